The zero-order valence-corrected chi connectivity index (χ0v) is 25.8. The van der Waals surface area contributed by atoms with Gasteiger partial charge in [0.2, 0.25) is 5.91 Å². The fourth-order valence-electron chi connectivity index (χ4n) is 5.05. The molecule has 1 aliphatic rings. The number of thioether (sulfide) groups is 1. The number of allylic oxidation sites excluding steroid dienone is 1. The molecule has 0 bridgehead atoms. The highest BCUT2D eigenvalue weighted by molar-refractivity contribution is 8.03. The Morgan fingerprint density at radius 3 is 2.23 bits per heavy atom. The van der Waals surface area contributed by atoms with Crippen LogP contribution in [0.15, 0.2) is 53.6 Å². The third kappa shape index (κ3) is 12.3. The molecule has 0 aromatic heterocycles. The Hall–Kier alpha value is -2.60. The minimum atomic E-state index is -0.0401. The zero-order chi connectivity index (χ0) is 28.4. The van der Waals surface area contributed by atoms with Gasteiger partial charge in [-0.15, -0.1) is 11.8 Å². The van der Waals surface area contributed by atoms with Gasteiger partial charge in [0.1, 0.15) is 0 Å². The number of hydrogen-bond acceptors (Lipinski definition) is 5. The molecule has 220 valence electrons. The van der Waals surface area contributed by atoms with Gasteiger partial charge in [0.25, 0.3) is 0 Å². The summed E-state index contributed by atoms with van der Waals surface area (Å²) in [5.41, 5.74) is 2.92. The molecular formula is C34H50N2O3S. The first-order chi connectivity index (χ1) is 19.6. The Morgan fingerprint density at radius 2 is 1.57 bits per heavy atom. The standard InChI is InChI=1S/C34H50N2O3S/c1-4-5-6-7-8-9-10-11-12-13-14-15-21-39-33-23-29(19-20-32(33)38-3)24-34(37)35-31-18-16-17-30(22-31)26-36-25-28(2)40-27-36/h16-20,22-23,25H,4-15,21,24,26-27H2,1-3H3,(H,35,37). The van der Waals surface area contributed by atoms with Crippen molar-refractivity contribution in [2.45, 2.75) is 104 Å². The van der Waals surface area contributed by atoms with Crippen molar-refractivity contribution in [3.05, 3.63) is 64.7 Å². The first-order valence-corrected chi connectivity index (χ1v) is 16.3. The minimum absolute atomic E-state index is 0.0401. The highest BCUT2D eigenvalue weighted by Crippen LogP contribution is 2.29. The summed E-state index contributed by atoms with van der Waals surface area (Å²) in [6.07, 6.45) is 18.3. The number of amides is 1. The number of ether oxygens (including phenoxy) is 2. The fraction of sp³-hybridized carbons (Fsp3) is 0.559. The summed E-state index contributed by atoms with van der Waals surface area (Å²) in [5.74, 6) is 2.36. The Balaban J connectivity index is 1.35. The van der Waals surface area contributed by atoms with Gasteiger partial charge in [-0.3, -0.25) is 4.79 Å². The molecule has 5 nitrogen and oxygen atoms in total. The van der Waals surface area contributed by atoms with Crippen molar-refractivity contribution in [2.24, 2.45) is 0 Å². The summed E-state index contributed by atoms with van der Waals surface area (Å²) >= 11 is 1.86. The number of benzene rings is 2. The molecule has 1 heterocycles. The number of unbranched alkanes of at least 4 members (excludes halogenated alkanes) is 11. The molecule has 0 saturated heterocycles. The van der Waals surface area contributed by atoms with E-state index in [0.29, 0.717) is 18.1 Å². The van der Waals surface area contributed by atoms with E-state index in [0.717, 1.165) is 30.1 Å². The number of carbonyl (C=O) groups is 1. The first kappa shape index (κ1) is 31.9. The predicted molar refractivity (Wildman–Crippen MR) is 170 cm³/mol. The first-order valence-electron chi connectivity index (χ1n) is 15.3. The van der Waals surface area contributed by atoms with E-state index in [1.54, 1.807) is 7.11 Å². The molecule has 0 radical (unpaired) electrons. The van der Waals surface area contributed by atoms with Crippen LogP contribution in [-0.2, 0) is 17.8 Å². The molecule has 0 atom stereocenters. The third-order valence-corrected chi connectivity index (χ3v) is 8.29. The lowest BCUT2D eigenvalue weighted by Crippen LogP contribution is -2.16. The van der Waals surface area contributed by atoms with E-state index in [2.05, 4.69) is 42.4 Å². The highest BCUT2D eigenvalue weighted by atomic mass is 32.2. The lowest BCUT2D eigenvalue weighted by atomic mass is 10.1. The number of anilines is 1. The van der Waals surface area contributed by atoms with E-state index < -0.39 is 0 Å². The second kappa shape index (κ2) is 18.7. The normalized spacial score (nSPS) is 12.9. The Labute approximate surface area is 247 Å². The number of methoxy groups -OCH3 is 1. The van der Waals surface area contributed by atoms with Crippen LogP contribution in [0.3, 0.4) is 0 Å². The number of carbonyl (C=O) groups excluding carboxylic acids is 1. The Kier molecular flexibility index (Phi) is 14.9. The maximum atomic E-state index is 12.8. The van der Waals surface area contributed by atoms with Crippen LogP contribution < -0.4 is 14.8 Å². The molecule has 0 unspecified atom stereocenters. The van der Waals surface area contributed by atoms with Crippen molar-refractivity contribution in [1.29, 1.82) is 0 Å². The molecule has 2 aromatic rings. The highest BCUT2D eigenvalue weighted by Gasteiger charge is 2.12. The maximum Gasteiger partial charge on any atom is 0.228 e. The molecule has 0 spiro atoms. The quantitative estimate of drug-likeness (QED) is 0.162. The average Bonchev–Trinajstić information content (AvgIpc) is 3.35. The summed E-state index contributed by atoms with van der Waals surface area (Å²) in [7, 11) is 1.66. The van der Waals surface area contributed by atoms with E-state index in [1.807, 2.05) is 42.1 Å². The lowest BCUT2D eigenvalue weighted by molar-refractivity contribution is -0.115. The Bertz CT molecular complexity index is 1060. The van der Waals surface area contributed by atoms with E-state index in [4.69, 9.17) is 9.47 Å². The van der Waals surface area contributed by atoms with Gasteiger partial charge in [-0.2, -0.15) is 0 Å². The summed E-state index contributed by atoms with van der Waals surface area (Å²) in [6, 6.07) is 13.9. The molecule has 1 amide bonds. The minimum Gasteiger partial charge on any atom is -0.493 e. The molecule has 3 rings (SSSR count). The van der Waals surface area contributed by atoms with Crippen molar-refractivity contribution < 1.29 is 14.3 Å². The van der Waals surface area contributed by atoms with Crippen LogP contribution >= 0.6 is 11.8 Å². The summed E-state index contributed by atoms with van der Waals surface area (Å²) in [6.45, 7) is 5.92. The van der Waals surface area contributed by atoms with Gasteiger partial charge in [-0.1, -0.05) is 95.8 Å². The van der Waals surface area contributed by atoms with Gasteiger partial charge in [0.15, 0.2) is 11.5 Å². The van der Waals surface area contributed by atoms with Gasteiger partial charge in [0, 0.05) is 18.4 Å². The van der Waals surface area contributed by atoms with Crippen LogP contribution in [0.25, 0.3) is 0 Å². The van der Waals surface area contributed by atoms with Crippen molar-refractivity contribution in [3.8, 4) is 11.5 Å². The molecule has 1 N–H and O–H groups in total. The van der Waals surface area contributed by atoms with Gasteiger partial charge < -0.3 is 19.7 Å². The third-order valence-electron chi connectivity index (χ3n) is 7.27. The fourth-order valence-corrected chi connectivity index (χ4v) is 5.81. The summed E-state index contributed by atoms with van der Waals surface area (Å²) in [5, 5.41) is 3.06. The molecule has 0 saturated carbocycles. The summed E-state index contributed by atoms with van der Waals surface area (Å²) in [4.78, 5) is 16.4. The van der Waals surface area contributed by atoms with E-state index in [9.17, 15) is 4.79 Å². The van der Waals surface area contributed by atoms with Gasteiger partial charge in [-0.05, 0) is 53.6 Å². The predicted octanol–water partition coefficient (Wildman–Crippen LogP) is 9.32. The molecule has 40 heavy (non-hydrogen) atoms. The van der Waals surface area contributed by atoms with Crippen LogP contribution in [0, 0.1) is 0 Å². The molecule has 2 aromatic carbocycles. The van der Waals surface area contributed by atoms with Crippen LogP contribution in [0.1, 0.15) is 102 Å². The van der Waals surface area contributed by atoms with Crippen LogP contribution in [-0.4, -0.2) is 30.4 Å². The van der Waals surface area contributed by atoms with Crippen LogP contribution in [0.2, 0.25) is 0 Å². The van der Waals surface area contributed by atoms with Gasteiger partial charge >= 0.3 is 0 Å². The number of nitrogens with zero attached hydrogens (tertiary/aromatic N) is 1. The number of nitrogens with one attached hydrogen (secondary N) is 1. The van der Waals surface area contributed by atoms with Crippen LogP contribution in [0.5, 0.6) is 11.5 Å². The number of rotatable bonds is 20. The van der Waals surface area contributed by atoms with Crippen molar-refractivity contribution in [2.75, 3.05) is 24.9 Å². The molecule has 6 heteroatoms. The lowest BCUT2D eigenvalue weighted by Gasteiger charge is -2.15. The van der Waals surface area contributed by atoms with Crippen LogP contribution in [0.4, 0.5) is 5.69 Å². The van der Waals surface area contributed by atoms with Gasteiger partial charge in [0.05, 0.1) is 26.0 Å². The summed E-state index contributed by atoms with van der Waals surface area (Å²) < 4.78 is 11.6. The van der Waals surface area contributed by atoms with Crippen molar-refractivity contribution >= 4 is 23.4 Å². The largest absolute Gasteiger partial charge is 0.493 e. The molecule has 0 aliphatic carbocycles. The van der Waals surface area contributed by atoms with Crippen molar-refractivity contribution in [3.63, 3.8) is 0 Å². The van der Waals surface area contributed by atoms with Crippen molar-refractivity contribution in [1.82, 2.24) is 4.90 Å². The smallest absolute Gasteiger partial charge is 0.228 e. The van der Waals surface area contributed by atoms with E-state index in [1.165, 1.54) is 81.1 Å². The molecule has 0 fully saturated rings. The second-order valence-electron chi connectivity index (χ2n) is 10.9. The van der Waals surface area contributed by atoms with E-state index >= 15 is 0 Å². The monoisotopic (exact) mass is 566 g/mol. The molecule has 1 aliphatic heterocycles. The Morgan fingerprint density at radius 1 is 0.875 bits per heavy atom. The topological polar surface area (TPSA) is 50.8 Å². The molecular weight excluding hydrogens is 516 g/mol. The van der Waals surface area contributed by atoms with Gasteiger partial charge in [-0.25, -0.2) is 0 Å². The zero-order valence-electron chi connectivity index (χ0n) is 25.0. The average molecular weight is 567 g/mol. The SMILES string of the molecule is CCCCCCCCCCCCCCOc1cc(CC(=O)Nc2cccc(CN3C=C(C)SC3)c2)ccc1OC. The maximum absolute atomic E-state index is 12.8. The van der Waals surface area contributed by atoms with E-state index in [-0.39, 0.29) is 12.3 Å². The number of hydrogen-bond donors (Lipinski definition) is 1. The second-order valence-corrected chi connectivity index (χ2v) is 12.1.